The Morgan fingerprint density at radius 2 is 2.33 bits per heavy atom. The van der Waals surface area contributed by atoms with E-state index in [1.807, 2.05) is 0 Å². The lowest BCUT2D eigenvalue weighted by Gasteiger charge is -2.27. The van der Waals surface area contributed by atoms with Gasteiger partial charge in [-0.05, 0) is 0 Å². The second kappa shape index (κ2) is 3.51. The first-order chi connectivity index (χ1) is 5.65. The largest absolute Gasteiger partial charge is 0.470 e. The minimum Gasteiger partial charge on any atom is -0.470 e. The molecule has 2 radical (unpaired) electrons. The van der Waals surface area contributed by atoms with E-state index >= 15 is 0 Å². The molecule has 1 aliphatic heterocycles. The Morgan fingerprint density at radius 1 is 1.67 bits per heavy atom. The maximum Gasteiger partial charge on any atom is 0.227 e. The Bertz CT molecular complexity index is 243. The van der Waals surface area contributed by atoms with Crippen LogP contribution in [0.15, 0.2) is 16.4 Å². The van der Waals surface area contributed by atoms with Crippen molar-refractivity contribution in [1.82, 2.24) is 0 Å². The van der Waals surface area contributed by atoms with E-state index in [0.717, 1.165) is 0 Å². The second-order valence-corrected chi connectivity index (χ2v) is 1.86. The lowest BCUT2D eigenvalue weighted by atomic mass is 9.95. The van der Waals surface area contributed by atoms with E-state index in [-0.39, 0.29) is 0 Å². The zero-order chi connectivity index (χ0) is 9.14. The van der Waals surface area contributed by atoms with Gasteiger partial charge in [0.25, 0.3) is 0 Å². The summed E-state index contributed by atoms with van der Waals surface area (Å²) in [5.41, 5.74) is -0.735. The number of aliphatic imine (C=N–C) groups is 1. The maximum absolute atomic E-state index is 12.5. The van der Waals surface area contributed by atoms with Gasteiger partial charge in [0.2, 0.25) is 6.86 Å². The molecule has 0 bridgehead atoms. The van der Waals surface area contributed by atoms with E-state index in [9.17, 15) is 13.2 Å². The van der Waals surface area contributed by atoms with E-state index in [4.69, 9.17) is 7.85 Å². The Kier molecular flexibility index (Phi) is 2.62. The molecule has 0 aromatic heterocycles. The highest BCUT2D eigenvalue weighted by molar-refractivity contribution is 6.23. The van der Waals surface area contributed by atoms with Gasteiger partial charge in [-0.3, -0.25) is 0 Å². The van der Waals surface area contributed by atoms with Gasteiger partial charge in [-0.1, -0.05) is 5.47 Å². The summed E-state index contributed by atoms with van der Waals surface area (Å²) in [6.07, 6.45) is -2.05. The standard InChI is InChI=1S/C5H3BF3N2O/c6-2-3(8)10-5(12-1-7)11-4(2)9/h3H,1H2/q-1. The molecule has 0 aromatic rings. The summed E-state index contributed by atoms with van der Waals surface area (Å²) in [6, 6.07) is -0.684. The minimum atomic E-state index is -2.05. The van der Waals surface area contributed by atoms with Crippen LogP contribution < -0.4 is 0 Å². The number of hydrogen-bond donors (Lipinski definition) is 0. The van der Waals surface area contributed by atoms with Gasteiger partial charge in [0.05, 0.1) is 0 Å². The number of nitrogens with zero attached hydrogens (tertiary/aromatic N) is 2. The third kappa shape index (κ3) is 1.72. The van der Waals surface area contributed by atoms with Crippen LogP contribution >= 0.6 is 0 Å². The molecule has 0 N–H and O–H groups in total. The molecule has 1 rings (SSSR count). The fraction of sp³-hybridized carbons (Fsp3) is 0.400. The van der Waals surface area contributed by atoms with Crippen molar-refractivity contribution in [2.45, 2.75) is 6.30 Å². The molecular formula is C5H3BF3N2O-. The molecule has 7 heteroatoms. The van der Waals surface area contributed by atoms with Crippen LogP contribution in [-0.4, -0.2) is 27.0 Å². The van der Waals surface area contributed by atoms with Crippen LogP contribution in [0.25, 0.3) is 5.32 Å². The van der Waals surface area contributed by atoms with E-state index < -0.39 is 30.6 Å². The topological polar surface area (TPSA) is 35.7 Å². The highest BCUT2D eigenvalue weighted by Crippen LogP contribution is 2.23. The predicted molar refractivity (Wildman–Crippen MR) is 36.6 cm³/mol. The predicted octanol–water partition coefficient (Wildman–Crippen LogP) is 1.28. The summed E-state index contributed by atoms with van der Waals surface area (Å²) in [6.45, 7) is -1.25. The first-order valence-corrected chi connectivity index (χ1v) is 2.92. The zero-order valence-corrected chi connectivity index (χ0v) is 5.80. The lowest BCUT2D eigenvalue weighted by Crippen LogP contribution is -2.17. The SMILES string of the molecule is [B]C1=C(F)N=C(OCF)[N-]C1F. The maximum atomic E-state index is 12.5. The second-order valence-electron chi connectivity index (χ2n) is 1.86. The van der Waals surface area contributed by atoms with Crippen molar-refractivity contribution in [3.05, 3.63) is 16.7 Å². The number of halogens is 3. The highest BCUT2D eigenvalue weighted by Gasteiger charge is 2.12. The highest BCUT2D eigenvalue weighted by atomic mass is 19.1. The number of rotatable bonds is 1. The summed E-state index contributed by atoms with van der Waals surface area (Å²) in [4.78, 5) is 2.94. The van der Waals surface area contributed by atoms with Crippen LogP contribution in [-0.2, 0) is 4.74 Å². The first-order valence-electron chi connectivity index (χ1n) is 2.92. The molecule has 12 heavy (non-hydrogen) atoms. The van der Waals surface area contributed by atoms with Crippen molar-refractivity contribution in [2.24, 2.45) is 4.99 Å². The van der Waals surface area contributed by atoms with Crippen LogP contribution in [0.3, 0.4) is 0 Å². The molecule has 1 aliphatic rings. The third-order valence-electron chi connectivity index (χ3n) is 1.10. The summed E-state index contributed by atoms with van der Waals surface area (Å²) in [7, 11) is 4.86. The van der Waals surface area contributed by atoms with Gasteiger partial charge in [-0.15, -0.1) is 0 Å². The fourth-order valence-corrected chi connectivity index (χ4v) is 0.561. The van der Waals surface area contributed by atoms with E-state index in [0.29, 0.717) is 0 Å². The average Bonchev–Trinajstić information content (AvgIpc) is 2.01. The van der Waals surface area contributed by atoms with Gasteiger partial charge in [0.15, 0.2) is 0 Å². The van der Waals surface area contributed by atoms with Crippen molar-refractivity contribution >= 4 is 13.9 Å². The monoisotopic (exact) mass is 175 g/mol. The first kappa shape index (κ1) is 8.96. The average molecular weight is 175 g/mol. The Labute approximate surface area is 67.7 Å². The van der Waals surface area contributed by atoms with Crippen molar-refractivity contribution in [3.63, 3.8) is 0 Å². The van der Waals surface area contributed by atoms with Crippen molar-refractivity contribution in [1.29, 1.82) is 0 Å². The third-order valence-corrected chi connectivity index (χ3v) is 1.10. The van der Waals surface area contributed by atoms with Gasteiger partial charge < -0.3 is 15.0 Å². The molecule has 1 heterocycles. The van der Waals surface area contributed by atoms with Crippen LogP contribution in [0.1, 0.15) is 0 Å². The molecular weight excluding hydrogens is 172 g/mol. The molecule has 1 unspecified atom stereocenters. The van der Waals surface area contributed by atoms with Crippen LogP contribution in [0, 0.1) is 0 Å². The zero-order valence-electron chi connectivity index (χ0n) is 5.80. The number of alkyl halides is 2. The number of hydrogen-bond acceptors (Lipinski definition) is 2. The number of amidine groups is 1. The van der Waals surface area contributed by atoms with Gasteiger partial charge >= 0.3 is 0 Å². The Hall–Kier alpha value is -1.14. The van der Waals surface area contributed by atoms with Gasteiger partial charge in [-0.2, -0.15) is 0 Å². The Balaban J connectivity index is 2.76. The summed E-state index contributed by atoms with van der Waals surface area (Å²) in [5.74, 6) is -1.24. The molecule has 0 fully saturated rings. The molecule has 0 aromatic carbocycles. The molecule has 0 spiro atoms. The van der Waals surface area contributed by atoms with Gasteiger partial charge in [-0.25, -0.2) is 13.2 Å². The molecule has 3 nitrogen and oxygen atoms in total. The van der Waals surface area contributed by atoms with Crippen LogP contribution in [0.5, 0.6) is 0 Å². The minimum absolute atomic E-state index is 0.684. The van der Waals surface area contributed by atoms with E-state index in [1.54, 1.807) is 0 Å². The normalized spacial score (nSPS) is 23.2. The quantitative estimate of drug-likeness (QED) is 0.436. The van der Waals surface area contributed by atoms with Crippen molar-refractivity contribution in [3.8, 4) is 0 Å². The molecule has 0 saturated heterocycles. The van der Waals surface area contributed by atoms with Gasteiger partial charge in [0.1, 0.15) is 26.1 Å². The van der Waals surface area contributed by atoms with Crippen molar-refractivity contribution in [2.75, 3.05) is 6.86 Å². The molecule has 0 aliphatic carbocycles. The summed E-state index contributed by atoms with van der Waals surface area (Å²) < 4.78 is 40.5. The smallest absolute Gasteiger partial charge is 0.227 e. The molecule has 1 atom stereocenters. The van der Waals surface area contributed by atoms with Crippen LogP contribution in [0.2, 0.25) is 0 Å². The van der Waals surface area contributed by atoms with Crippen LogP contribution in [0.4, 0.5) is 13.2 Å². The molecule has 64 valence electrons. The van der Waals surface area contributed by atoms with E-state index in [1.165, 1.54) is 0 Å². The summed E-state index contributed by atoms with van der Waals surface area (Å²) >= 11 is 0. The van der Waals surface area contributed by atoms with Gasteiger partial charge in [0, 0.05) is 0 Å². The molecule has 0 saturated carbocycles. The molecule has 0 amide bonds. The van der Waals surface area contributed by atoms with Crippen molar-refractivity contribution < 1.29 is 17.9 Å². The lowest BCUT2D eigenvalue weighted by molar-refractivity contribution is 0.177. The Morgan fingerprint density at radius 3 is 2.83 bits per heavy atom. The fourth-order valence-electron chi connectivity index (χ4n) is 0.561. The van der Waals surface area contributed by atoms with E-state index in [2.05, 4.69) is 15.0 Å². The summed E-state index contributed by atoms with van der Waals surface area (Å²) in [5, 5.41) is 3.00. The number of ether oxygens (including phenoxy) is 1.